The van der Waals surface area contributed by atoms with Crippen LogP contribution in [0.1, 0.15) is 37.5 Å². The van der Waals surface area contributed by atoms with Gasteiger partial charge in [-0.1, -0.05) is 23.7 Å². The summed E-state index contributed by atoms with van der Waals surface area (Å²) in [6.07, 6.45) is 1.46. The van der Waals surface area contributed by atoms with Crippen molar-refractivity contribution in [2.75, 3.05) is 32.2 Å². The van der Waals surface area contributed by atoms with Gasteiger partial charge in [-0.25, -0.2) is 14.6 Å². The number of halogens is 1. The number of anilines is 1. The zero-order valence-corrected chi connectivity index (χ0v) is 21.6. The van der Waals surface area contributed by atoms with Gasteiger partial charge in [0.05, 0.1) is 24.5 Å². The zero-order chi connectivity index (χ0) is 25.4. The van der Waals surface area contributed by atoms with Gasteiger partial charge in [-0.3, -0.25) is 0 Å². The largest absolute Gasteiger partial charge is 0.462 e. The van der Waals surface area contributed by atoms with Gasteiger partial charge < -0.3 is 19.5 Å². The summed E-state index contributed by atoms with van der Waals surface area (Å²) in [5, 5.41) is 16.0. The third-order valence-corrected chi connectivity index (χ3v) is 7.01. The van der Waals surface area contributed by atoms with Crippen molar-refractivity contribution in [1.82, 2.24) is 4.98 Å². The molecule has 8 nitrogen and oxygen atoms in total. The fourth-order valence-electron chi connectivity index (χ4n) is 2.97. The van der Waals surface area contributed by atoms with Crippen molar-refractivity contribution in [1.29, 1.82) is 5.26 Å². The number of carbonyl (C=O) groups is 2. The Morgan fingerprint density at radius 1 is 1.20 bits per heavy atom. The van der Waals surface area contributed by atoms with Crippen molar-refractivity contribution in [2.24, 2.45) is 0 Å². The molecule has 0 fully saturated rings. The van der Waals surface area contributed by atoms with E-state index in [1.807, 2.05) is 17.5 Å². The summed E-state index contributed by atoms with van der Waals surface area (Å²) >= 11 is 8.31. The Morgan fingerprint density at radius 2 is 1.94 bits per heavy atom. The van der Waals surface area contributed by atoms with E-state index in [1.165, 1.54) is 24.6 Å². The Kier molecular flexibility index (Phi) is 9.39. The fraction of sp³-hybridized carbons (Fsp3) is 0.250. The minimum absolute atomic E-state index is 0.0860. The maximum Gasteiger partial charge on any atom is 0.348 e. The number of esters is 2. The third kappa shape index (κ3) is 6.46. The van der Waals surface area contributed by atoms with E-state index in [0.29, 0.717) is 26.3 Å². The van der Waals surface area contributed by atoms with Crippen LogP contribution in [0.3, 0.4) is 0 Å². The van der Waals surface area contributed by atoms with Gasteiger partial charge in [0.15, 0.2) is 0 Å². The van der Waals surface area contributed by atoms with Crippen LogP contribution in [0.15, 0.2) is 35.8 Å². The monoisotopic (exact) mass is 531 g/mol. The van der Waals surface area contributed by atoms with Gasteiger partial charge in [0.1, 0.15) is 33.1 Å². The smallest absolute Gasteiger partial charge is 0.348 e. The molecule has 0 aliphatic heterocycles. The van der Waals surface area contributed by atoms with Crippen molar-refractivity contribution >= 4 is 56.8 Å². The average Bonchev–Trinajstić information content (AvgIpc) is 3.45. The first kappa shape index (κ1) is 26.4. The Balaban J connectivity index is 1.89. The van der Waals surface area contributed by atoms with Gasteiger partial charge >= 0.3 is 11.9 Å². The average molecular weight is 532 g/mol. The van der Waals surface area contributed by atoms with E-state index in [2.05, 4.69) is 16.4 Å². The number of aromatic nitrogens is 1. The molecule has 2 heterocycles. The lowest BCUT2D eigenvalue weighted by atomic mass is 10.1. The van der Waals surface area contributed by atoms with Crippen molar-refractivity contribution in [3.05, 3.63) is 61.9 Å². The normalized spacial score (nSPS) is 11.1. The molecule has 0 amide bonds. The number of carbonyl (C=O) groups excluding carboxylic acids is 2. The Bertz CT molecular complexity index is 1280. The van der Waals surface area contributed by atoms with Gasteiger partial charge in [0.2, 0.25) is 0 Å². The molecule has 3 aromatic rings. The number of nitriles is 1. The van der Waals surface area contributed by atoms with Crippen LogP contribution in [0.4, 0.5) is 5.00 Å². The summed E-state index contributed by atoms with van der Waals surface area (Å²) in [5.41, 5.74) is 2.50. The van der Waals surface area contributed by atoms with Crippen LogP contribution < -0.4 is 5.32 Å². The molecule has 3 rings (SSSR count). The Labute approximate surface area is 215 Å². The lowest BCUT2D eigenvalue weighted by Gasteiger charge is -2.05. The standard InChI is InChI=1S/C24H22ClN3O5S2/c1-4-32-23(29)19-14(2)20(24(30)33-10-9-31-3)35-22(19)27-12-16(11-26)21-28-18(13-34-21)15-5-7-17(25)8-6-15/h5-8,12-13,27H,4,9-10H2,1-3H3/b16-12-. The number of allylic oxidation sites excluding steroid dienone is 1. The second-order valence-corrected chi connectivity index (χ2v) is 9.28. The fourth-order valence-corrected chi connectivity index (χ4v) is 4.95. The first-order chi connectivity index (χ1) is 16.9. The SMILES string of the molecule is CCOC(=O)c1c(N/C=C(/C#N)c2nc(-c3ccc(Cl)cc3)cs2)sc(C(=O)OCCOC)c1C. The summed E-state index contributed by atoms with van der Waals surface area (Å²) in [4.78, 5) is 30.0. The molecule has 0 unspecified atom stereocenters. The quantitative estimate of drug-likeness (QED) is 0.199. The molecule has 0 saturated heterocycles. The van der Waals surface area contributed by atoms with E-state index in [-0.39, 0.29) is 35.8 Å². The van der Waals surface area contributed by atoms with E-state index in [9.17, 15) is 14.9 Å². The summed E-state index contributed by atoms with van der Waals surface area (Å²) in [5.74, 6) is -1.15. The molecule has 0 spiro atoms. The number of thiazole rings is 1. The van der Waals surface area contributed by atoms with E-state index in [0.717, 1.165) is 16.9 Å². The molecule has 0 radical (unpaired) electrons. The molecule has 2 aromatic heterocycles. The van der Waals surface area contributed by atoms with Crippen LogP contribution >= 0.6 is 34.3 Å². The molecular formula is C24H22ClN3O5S2. The van der Waals surface area contributed by atoms with Crippen molar-refractivity contribution in [2.45, 2.75) is 13.8 Å². The predicted molar refractivity (Wildman–Crippen MR) is 137 cm³/mol. The van der Waals surface area contributed by atoms with Crippen LogP contribution in [0.2, 0.25) is 5.02 Å². The highest BCUT2D eigenvalue weighted by Crippen LogP contribution is 2.35. The summed E-state index contributed by atoms with van der Waals surface area (Å²) in [6.45, 7) is 3.86. The topological polar surface area (TPSA) is 111 Å². The minimum atomic E-state index is -0.578. The second kappa shape index (κ2) is 12.5. The van der Waals surface area contributed by atoms with Crippen LogP contribution in [0.5, 0.6) is 0 Å². The molecule has 35 heavy (non-hydrogen) atoms. The molecule has 1 aromatic carbocycles. The first-order valence-corrected chi connectivity index (χ1v) is 12.5. The van der Waals surface area contributed by atoms with Crippen LogP contribution in [0.25, 0.3) is 16.8 Å². The zero-order valence-electron chi connectivity index (χ0n) is 19.2. The lowest BCUT2D eigenvalue weighted by Crippen LogP contribution is -2.11. The highest BCUT2D eigenvalue weighted by Gasteiger charge is 2.26. The molecule has 0 atom stereocenters. The minimum Gasteiger partial charge on any atom is -0.462 e. The number of rotatable bonds is 10. The molecule has 182 valence electrons. The van der Waals surface area contributed by atoms with E-state index in [4.69, 9.17) is 25.8 Å². The highest BCUT2D eigenvalue weighted by molar-refractivity contribution is 7.18. The molecule has 0 bridgehead atoms. The molecule has 11 heteroatoms. The van der Waals surface area contributed by atoms with E-state index in [1.54, 1.807) is 26.0 Å². The first-order valence-electron chi connectivity index (χ1n) is 10.4. The van der Waals surface area contributed by atoms with Crippen molar-refractivity contribution in [3.8, 4) is 17.3 Å². The van der Waals surface area contributed by atoms with E-state index >= 15 is 0 Å². The third-order valence-electron chi connectivity index (χ3n) is 4.67. The van der Waals surface area contributed by atoms with Crippen LogP contribution in [0, 0.1) is 18.3 Å². The van der Waals surface area contributed by atoms with Crippen LogP contribution in [-0.4, -0.2) is 43.9 Å². The molecule has 0 aliphatic rings. The number of hydrogen-bond acceptors (Lipinski definition) is 10. The van der Waals surface area contributed by atoms with Gasteiger partial charge in [-0.15, -0.1) is 22.7 Å². The second-order valence-electron chi connectivity index (χ2n) is 6.97. The number of nitrogens with zero attached hydrogens (tertiary/aromatic N) is 2. The number of methoxy groups -OCH3 is 1. The van der Waals surface area contributed by atoms with Crippen molar-refractivity contribution < 1.29 is 23.8 Å². The predicted octanol–water partition coefficient (Wildman–Crippen LogP) is 5.79. The molecular weight excluding hydrogens is 510 g/mol. The van der Waals surface area contributed by atoms with Crippen LogP contribution in [-0.2, 0) is 14.2 Å². The summed E-state index contributed by atoms with van der Waals surface area (Å²) in [6, 6.07) is 9.36. The molecule has 1 N–H and O–H groups in total. The number of ether oxygens (including phenoxy) is 3. The number of hydrogen-bond donors (Lipinski definition) is 1. The Morgan fingerprint density at radius 3 is 2.60 bits per heavy atom. The number of benzene rings is 1. The number of nitrogens with one attached hydrogen (secondary N) is 1. The van der Waals surface area contributed by atoms with Gasteiger partial charge in [-0.2, -0.15) is 5.26 Å². The molecule has 0 aliphatic carbocycles. The van der Waals surface area contributed by atoms with Gasteiger partial charge in [0, 0.05) is 29.3 Å². The highest BCUT2D eigenvalue weighted by atomic mass is 35.5. The number of thiophene rings is 1. The summed E-state index contributed by atoms with van der Waals surface area (Å²) in [7, 11) is 1.51. The van der Waals surface area contributed by atoms with E-state index < -0.39 is 11.9 Å². The Hall–Kier alpha value is -3.23. The lowest BCUT2D eigenvalue weighted by molar-refractivity contribution is 0.0393. The maximum atomic E-state index is 12.6. The van der Waals surface area contributed by atoms with Gasteiger partial charge in [-0.05, 0) is 31.5 Å². The maximum absolute atomic E-state index is 12.6. The van der Waals surface area contributed by atoms with Crippen molar-refractivity contribution in [3.63, 3.8) is 0 Å². The molecule has 0 saturated carbocycles. The summed E-state index contributed by atoms with van der Waals surface area (Å²) < 4.78 is 15.3. The van der Waals surface area contributed by atoms with Gasteiger partial charge in [0.25, 0.3) is 0 Å².